The monoisotopic (exact) mass is 183 g/mol. The zero-order chi connectivity index (χ0) is 9.26. The first-order valence-corrected chi connectivity index (χ1v) is 5.24. The van der Waals surface area contributed by atoms with Crippen molar-refractivity contribution in [3.05, 3.63) is 0 Å². The Morgan fingerprint density at radius 2 is 2.08 bits per heavy atom. The minimum atomic E-state index is -0.100. The molecule has 0 unspecified atom stereocenters. The van der Waals surface area contributed by atoms with E-state index in [0.29, 0.717) is 12.6 Å². The summed E-state index contributed by atoms with van der Waals surface area (Å²) in [6.07, 6.45) is 4.88. The Morgan fingerprint density at radius 1 is 1.38 bits per heavy atom. The Balaban J connectivity index is 1.96. The van der Waals surface area contributed by atoms with Gasteiger partial charge < -0.3 is 9.64 Å². The molecular formula is C10H17NO2. The van der Waals surface area contributed by atoms with E-state index < -0.39 is 0 Å². The SMILES string of the molecule is CCOC(=O)N1CC2CCC1CC2. The van der Waals surface area contributed by atoms with E-state index in [1.807, 2.05) is 11.8 Å². The fraction of sp³-hybridized carbons (Fsp3) is 0.900. The van der Waals surface area contributed by atoms with Crippen LogP contribution in [0.15, 0.2) is 0 Å². The predicted molar refractivity (Wildman–Crippen MR) is 49.5 cm³/mol. The van der Waals surface area contributed by atoms with Crippen LogP contribution in [0.1, 0.15) is 32.6 Å². The molecule has 3 nitrogen and oxygen atoms in total. The Morgan fingerprint density at radius 3 is 2.54 bits per heavy atom. The molecule has 1 aliphatic carbocycles. The van der Waals surface area contributed by atoms with Gasteiger partial charge in [0.2, 0.25) is 0 Å². The molecule has 0 aromatic rings. The maximum atomic E-state index is 11.5. The van der Waals surface area contributed by atoms with Crippen LogP contribution in [0, 0.1) is 5.92 Å². The van der Waals surface area contributed by atoms with E-state index in [2.05, 4.69) is 0 Å². The molecule has 13 heavy (non-hydrogen) atoms. The third-order valence-corrected chi connectivity index (χ3v) is 3.21. The Bertz CT molecular complexity index is 197. The van der Waals surface area contributed by atoms with E-state index in [-0.39, 0.29) is 6.09 Å². The first-order chi connectivity index (χ1) is 6.31. The van der Waals surface area contributed by atoms with Crippen LogP contribution in [-0.4, -0.2) is 30.2 Å². The number of hydrogen-bond acceptors (Lipinski definition) is 2. The lowest BCUT2D eigenvalue weighted by Crippen LogP contribution is -2.50. The summed E-state index contributed by atoms with van der Waals surface area (Å²) in [7, 11) is 0. The van der Waals surface area contributed by atoms with Crippen molar-refractivity contribution in [2.45, 2.75) is 38.6 Å². The molecule has 2 saturated heterocycles. The summed E-state index contributed by atoms with van der Waals surface area (Å²) in [5.74, 6) is 0.745. The van der Waals surface area contributed by atoms with Crippen molar-refractivity contribution in [2.75, 3.05) is 13.2 Å². The van der Waals surface area contributed by atoms with Crippen molar-refractivity contribution in [1.82, 2.24) is 4.90 Å². The number of hydrogen-bond donors (Lipinski definition) is 0. The van der Waals surface area contributed by atoms with E-state index in [0.717, 1.165) is 12.5 Å². The molecule has 3 rings (SSSR count). The van der Waals surface area contributed by atoms with Gasteiger partial charge in [0.05, 0.1) is 6.61 Å². The zero-order valence-corrected chi connectivity index (χ0v) is 8.16. The standard InChI is InChI=1S/C10H17NO2/c1-2-13-10(12)11-7-8-3-5-9(11)6-4-8/h8-9H,2-7H2,1H3. The van der Waals surface area contributed by atoms with Gasteiger partial charge in [-0.1, -0.05) is 0 Å². The molecule has 0 radical (unpaired) electrons. The highest BCUT2D eigenvalue weighted by molar-refractivity contribution is 5.68. The van der Waals surface area contributed by atoms with Gasteiger partial charge in [0, 0.05) is 12.6 Å². The Labute approximate surface area is 79.0 Å². The summed E-state index contributed by atoms with van der Waals surface area (Å²) in [6, 6.07) is 0.476. The lowest BCUT2D eigenvalue weighted by atomic mass is 9.80. The smallest absolute Gasteiger partial charge is 0.410 e. The average Bonchev–Trinajstić information content (AvgIpc) is 2.20. The number of rotatable bonds is 1. The summed E-state index contributed by atoms with van der Waals surface area (Å²) >= 11 is 0. The van der Waals surface area contributed by atoms with Gasteiger partial charge >= 0.3 is 6.09 Å². The molecule has 2 aliphatic heterocycles. The van der Waals surface area contributed by atoms with Crippen LogP contribution in [0.5, 0.6) is 0 Å². The fourth-order valence-electron chi connectivity index (χ4n) is 2.50. The van der Waals surface area contributed by atoms with Gasteiger partial charge in [0.15, 0.2) is 0 Å². The summed E-state index contributed by atoms with van der Waals surface area (Å²) in [6.45, 7) is 3.29. The molecule has 1 saturated carbocycles. The van der Waals surface area contributed by atoms with Gasteiger partial charge in [0.1, 0.15) is 0 Å². The second-order valence-corrected chi connectivity index (χ2v) is 4.03. The van der Waals surface area contributed by atoms with Crippen LogP contribution in [0.25, 0.3) is 0 Å². The van der Waals surface area contributed by atoms with Gasteiger partial charge in [-0.05, 0) is 38.5 Å². The predicted octanol–water partition coefficient (Wildman–Crippen LogP) is 2.02. The summed E-state index contributed by atoms with van der Waals surface area (Å²) in [4.78, 5) is 13.4. The van der Waals surface area contributed by atoms with Gasteiger partial charge in [-0.25, -0.2) is 4.79 Å². The molecule has 2 heterocycles. The molecule has 0 aromatic carbocycles. The van der Waals surface area contributed by atoms with Crippen LogP contribution in [0.4, 0.5) is 4.79 Å². The molecule has 1 amide bonds. The molecule has 3 fully saturated rings. The number of carbonyl (C=O) groups excluding carboxylic acids is 1. The van der Waals surface area contributed by atoms with Crippen LogP contribution in [-0.2, 0) is 4.74 Å². The number of nitrogens with zero attached hydrogens (tertiary/aromatic N) is 1. The van der Waals surface area contributed by atoms with Gasteiger partial charge in [0.25, 0.3) is 0 Å². The third kappa shape index (κ3) is 1.64. The van der Waals surface area contributed by atoms with Crippen LogP contribution < -0.4 is 0 Å². The van der Waals surface area contributed by atoms with Gasteiger partial charge in [-0.3, -0.25) is 0 Å². The highest BCUT2D eigenvalue weighted by Gasteiger charge is 2.36. The lowest BCUT2D eigenvalue weighted by Gasteiger charge is -2.44. The second-order valence-electron chi connectivity index (χ2n) is 4.03. The molecule has 0 spiro atoms. The summed E-state index contributed by atoms with van der Waals surface area (Å²) in [5, 5.41) is 0. The van der Waals surface area contributed by atoms with Crippen molar-refractivity contribution in [3.63, 3.8) is 0 Å². The van der Waals surface area contributed by atoms with Crippen LogP contribution in [0.2, 0.25) is 0 Å². The number of ether oxygens (including phenoxy) is 1. The van der Waals surface area contributed by atoms with Crippen molar-refractivity contribution in [2.24, 2.45) is 5.92 Å². The van der Waals surface area contributed by atoms with E-state index in [4.69, 9.17) is 4.74 Å². The van der Waals surface area contributed by atoms with Crippen LogP contribution in [0.3, 0.4) is 0 Å². The van der Waals surface area contributed by atoms with Crippen LogP contribution >= 0.6 is 0 Å². The molecule has 3 aliphatic rings. The van der Waals surface area contributed by atoms with Gasteiger partial charge in [-0.15, -0.1) is 0 Å². The first kappa shape index (κ1) is 8.85. The normalized spacial score (nSPS) is 31.9. The number of amides is 1. The summed E-state index contributed by atoms with van der Waals surface area (Å²) in [5.41, 5.74) is 0. The number of fused-ring (bicyclic) bond motifs is 3. The maximum absolute atomic E-state index is 11.5. The Hall–Kier alpha value is -0.730. The molecular weight excluding hydrogens is 166 g/mol. The number of carbonyl (C=O) groups is 1. The van der Waals surface area contributed by atoms with E-state index in [9.17, 15) is 4.79 Å². The molecule has 2 bridgehead atoms. The molecule has 3 heteroatoms. The minimum absolute atomic E-state index is 0.100. The average molecular weight is 183 g/mol. The quantitative estimate of drug-likeness (QED) is 0.622. The van der Waals surface area contributed by atoms with Crippen molar-refractivity contribution in [1.29, 1.82) is 0 Å². The Kier molecular flexibility index (Phi) is 2.42. The van der Waals surface area contributed by atoms with Crippen molar-refractivity contribution < 1.29 is 9.53 Å². The largest absolute Gasteiger partial charge is 0.450 e. The fourth-order valence-corrected chi connectivity index (χ4v) is 2.50. The molecule has 0 N–H and O–H groups in total. The molecule has 0 aromatic heterocycles. The highest BCUT2D eigenvalue weighted by Crippen LogP contribution is 2.34. The molecule has 74 valence electrons. The number of piperidine rings is 2. The second kappa shape index (κ2) is 3.56. The minimum Gasteiger partial charge on any atom is -0.450 e. The first-order valence-electron chi connectivity index (χ1n) is 5.24. The topological polar surface area (TPSA) is 29.5 Å². The van der Waals surface area contributed by atoms with E-state index >= 15 is 0 Å². The zero-order valence-electron chi connectivity index (χ0n) is 8.16. The maximum Gasteiger partial charge on any atom is 0.410 e. The molecule has 0 atom stereocenters. The van der Waals surface area contributed by atoms with E-state index in [1.54, 1.807) is 0 Å². The lowest BCUT2D eigenvalue weighted by molar-refractivity contribution is 0.0318. The van der Waals surface area contributed by atoms with Gasteiger partial charge in [-0.2, -0.15) is 0 Å². The van der Waals surface area contributed by atoms with Crippen molar-refractivity contribution >= 4 is 6.09 Å². The van der Waals surface area contributed by atoms with E-state index in [1.165, 1.54) is 25.7 Å². The van der Waals surface area contributed by atoms with Crippen molar-refractivity contribution in [3.8, 4) is 0 Å². The third-order valence-electron chi connectivity index (χ3n) is 3.21. The highest BCUT2D eigenvalue weighted by atomic mass is 16.6. The summed E-state index contributed by atoms with van der Waals surface area (Å²) < 4.78 is 5.02.